The molecule has 1 aliphatic carbocycles. The van der Waals surface area contributed by atoms with E-state index in [1.165, 1.54) is 30.3 Å². The maximum absolute atomic E-state index is 12.9. The number of Topliss-reactive ketones (excluding diaryl/α,β-unsaturated/α-hetero) is 2. The summed E-state index contributed by atoms with van der Waals surface area (Å²) < 4.78 is 18.4. The number of amides is 1. The van der Waals surface area contributed by atoms with E-state index in [1.807, 2.05) is 0 Å². The summed E-state index contributed by atoms with van der Waals surface area (Å²) in [7, 11) is 0. The first-order valence-electron chi connectivity index (χ1n) is 9.20. The lowest BCUT2D eigenvalue weighted by Gasteiger charge is -2.08. The largest absolute Gasteiger partial charge is 0.484 e. The summed E-state index contributed by atoms with van der Waals surface area (Å²) in [5.41, 5.74) is 1.97. The first-order chi connectivity index (χ1) is 14.5. The van der Waals surface area contributed by atoms with Gasteiger partial charge in [0.1, 0.15) is 11.6 Å². The van der Waals surface area contributed by atoms with E-state index in [1.54, 1.807) is 48.5 Å². The molecule has 3 aromatic rings. The molecule has 0 spiro atoms. The van der Waals surface area contributed by atoms with Crippen LogP contribution in [-0.2, 0) is 4.79 Å². The number of benzene rings is 3. The third kappa shape index (κ3) is 4.03. The lowest BCUT2D eigenvalue weighted by molar-refractivity contribution is -0.118. The number of carbonyl (C=O) groups excluding carboxylic acids is 3. The molecule has 0 aliphatic heterocycles. The number of rotatable bonds is 5. The molecule has 6 heteroatoms. The molecule has 0 fully saturated rings. The Morgan fingerprint density at radius 2 is 1.57 bits per heavy atom. The Morgan fingerprint density at radius 1 is 0.900 bits per heavy atom. The van der Waals surface area contributed by atoms with Crippen molar-refractivity contribution in [2.75, 3.05) is 11.9 Å². The lowest BCUT2D eigenvalue weighted by atomic mass is 10.1. The van der Waals surface area contributed by atoms with Crippen molar-refractivity contribution in [1.82, 2.24) is 0 Å². The van der Waals surface area contributed by atoms with E-state index in [9.17, 15) is 18.8 Å². The average Bonchev–Trinajstić information content (AvgIpc) is 2.99. The number of halogens is 1. The zero-order chi connectivity index (χ0) is 21.1. The van der Waals surface area contributed by atoms with Crippen LogP contribution < -0.4 is 10.1 Å². The predicted molar refractivity (Wildman–Crippen MR) is 110 cm³/mol. The highest BCUT2D eigenvalue weighted by molar-refractivity contribution is 6.41. The number of nitrogens with one attached hydrogen (secondary N) is 1. The fourth-order valence-electron chi connectivity index (χ4n) is 3.14. The van der Waals surface area contributed by atoms with Crippen LogP contribution in [0.5, 0.6) is 5.75 Å². The molecule has 0 radical (unpaired) electrons. The van der Waals surface area contributed by atoms with Crippen molar-refractivity contribution in [2.45, 2.75) is 0 Å². The van der Waals surface area contributed by atoms with E-state index in [0.29, 0.717) is 28.1 Å². The van der Waals surface area contributed by atoms with E-state index < -0.39 is 11.7 Å². The van der Waals surface area contributed by atoms with Crippen LogP contribution in [0, 0.1) is 5.82 Å². The number of anilines is 1. The number of ether oxygens (including phenoxy) is 1. The van der Waals surface area contributed by atoms with Gasteiger partial charge in [-0.05, 0) is 48.0 Å². The minimum absolute atomic E-state index is 0.0994. The highest BCUT2D eigenvalue weighted by Crippen LogP contribution is 2.28. The normalized spacial score (nSPS) is 12.5. The Kier molecular flexibility index (Phi) is 5.22. The van der Waals surface area contributed by atoms with Gasteiger partial charge in [-0.15, -0.1) is 0 Å². The predicted octanol–water partition coefficient (Wildman–Crippen LogP) is 4.31. The summed E-state index contributed by atoms with van der Waals surface area (Å²) in [5, 5.41) is 2.60. The van der Waals surface area contributed by atoms with Crippen molar-refractivity contribution in [2.24, 2.45) is 0 Å². The molecule has 0 saturated heterocycles. The van der Waals surface area contributed by atoms with Crippen molar-refractivity contribution in [3.63, 3.8) is 0 Å². The Hall–Kier alpha value is -4.06. The highest BCUT2D eigenvalue weighted by Gasteiger charge is 2.32. The van der Waals surface area contributed by atoms with Gasteiger partial charge in [0.25, 0.3) is 5.91 Å². The minimum Gasteiger partial charge on any atom is -0.484 e. The van der Waals surface area contributed by atoms with E-state index in [2.05, 4.69) is 5.32 Å². The topological polar surface area (TPSA) is 72.5 Å². The molecule has 3 aromatic carbocycles. The van der Waals surface area contributed by atoms with Gasteiger partial charge >= 0.3 is 0 Å². The maximum atomic E-state index is 12.9. The number of ketones is 2. The number of carbonyl (C=O) groups is 3. The summed E-state index contributed by atoms with van der Waals surface area (Å²) in [6.07, 6.45) is 1.52. The van der Waals surface area contributed by atoms with Crippen LogP contribution in [-0.4, -0.2) is 24.1 Å². The number of fused-ring (bicyclic) bond motifs is 1. The minimum atomic E-state index is -0.401. The molecule has 0 bridgehead atoms. The van der Waals surface area contributed by atoms with Crippen molar-refractivity contribution in [3.05, 3.63) is 101 Å². The number of hydrogen-bond donors (Lipinski definition) is 1. The van der Waals surface area contributed by atoms with Crippen molar-refractivity contribution in [3.8, 4) is 5.75 Å². The SMILES string of the molecule is O=C(COc1cccc(C=C2C(=O)c3ccccc3C2=O)c1)Nc1ccc(F)cc1. The van der Waals surface area contributed by atoms with Gasteiger partial charge in [0, 0.05) is 16.8 Å². The van der Waals surface area contributed by atoms with Gasteiger partial charge in [-0.25, -0.2) is 4.39 Å². The summed E-state index contributed by atoms with van der Waals surface area (Å²) in [6, 6.07) is 18.9. The van der Waals surface area contributed by atoms with Gasteiger partial charge < -0.3 is 10.1 Å². The molecule has 0 saturated carbocycles. The zero-order valence-electron chi connectivity index (χ0n) is 15.7. The van der Waals surface area contributed by atoms with E-state index in [-0.39, 0.29) is 23.7 Å². The molecule has 0 heterocycles. The molecule has 4 rings (SSSR count). The van der Waals surface area contributed by atoms with Gasteiger partial charge in [-0.1, -0.05) is 36.4 Å². The summed E-state index contributed by atoms with van der Waals surface area (Å²) in [5.74, 6) is -0.991. The molecule has 0 aromatic heterocycles. The standard InChI is InChI=1S/C24H16FNO4/c25-16-8-10-17(11-9-16)26-22(27)14-30-18-5-3-4-15(12-18)13-21-23(28)19-6-1-2-7-20(19)24(21)29/h1-13H,14H2,(H,26,27). The smallest absolute Gasteiger partial charge is 0.262 e. The fourth-order valence-corrected chi connectivity index (χ4v) is 3.14. The molecule has 148 valence electrons. The Labute approximate surface area is 171 Å². The van der Waals surface area contributed by atoms with E-state index in [0.717, 1.165) is 0 Å². The van der Waals surface area contributed by atoms with Crippen LogP contribution in [0.1, 0.15) is 26.3 Å². The van der Waals surface area contributed by atoms with Gasteiger partial charge in [0.2, 0.25) is 0 Å². The van der Waals surface area contributed by atoms with Crippen LogP contribution >= 0.6 is 0 Å². The maximum Gasteiger partial charge on any atom is 0.262 e. The molecule has 1 N–H and O–H groups in total. The average molecular weight is 401 g/mol. The van der Waals surface area contributed by atoms with Crippen LogP contribution in [0.25, 0.3) is 6.08 Å². The molecule has 0 atom stereocenters. The third-order valence-corrected chi connectivity index (χ3v) is 4.57. The molecule has 1 aliphatic rings. The van der Waals surface area contributed by atoms with E-state index >= 15 is 0 Å². The Balaban J connectivity index is 1.44. The van der Waals surface area contributed by atoms with Crippen molar-refractivity contribution >= 4 is 29.2 Å². The lowest BCUT2D eigenvalue weighted by Crippen LogP contribution is -2.20. The monoisotopic (exact) mass is 401 g/mol. The summed E-state index contributed by atoms with van der Waals surface area (Å²) >= 11 is 0. The second kappa shape index (κ2) is 8.13. The molecular weight excluding hydrogens is 385 g/mol. The third-order valence-electron chi connectivity index (χ3n) is 4.57. The highest BCUT2D eigenvalue weighted by atomic mass is 19.1. The second-order valence-corrected chi connectivity index (χ2v) is 6.68. The van der Waals surface area contributed by atoms with Crippen molar-refractivity contribution < 1.29 is 23.5 Å². The van der Waals surface area contributed by atoms with Crippen LogP contribution in [0.15, 0.2) is 78.4 Å². The molecule has 1 amide bonds. The molecule has 30 heavy (non-hydrogen) atoms. The Bertz CT molecular complexity index is 1140. The van der Waals surface area contributed by atoms with Gasteiger partial charge in [0.15, 0.2) is 18.2 Å². The molecule has 0 unspecified atom stereocenters. The van der Waals surface area contributed by atoms with Crippen molar-refractivity contribution in [1.29, 1.82) is 0 Å². The first-order valence-corrected chi connectivity index (χ1v) is 9.20. The van der Waals surface area contributed by atoms with Crippen LogP contribution in [0.2, 0.25) is 0 Å². The quantitative estimate of drug-likeness (QED) is 0.511. The molecule has 5 nitrogen and oxygen atoms in total. The zero-order valence-corrected chi connectivity index (χ0v) is 15.7. The fraction of sp³-hybridized carbons (Fsp3) is 0.0417. The van der Waals surface area contributed by atoms with Gasteiger partial charge in [0.05, 0.1) is 5.57 Å². The molecular formula is C24H16FNO4. The van der Waals surface area contributed by atoms with Gasteiger partial charge in [-0.2, -0.15) is 0 Å². The second-order valence-electron chi connectivity index (χ2n) is 6.68. The number of allylic oxidation sites excluding steroid dienone is 1. The summed E-state index contributed by atoms with van der Waals surface area (Å²) in [4.78, 5) is 37.0. The number of hydrogen-bond acceptors (Lipinski definition) is 4. The van der Waals surface area contributed by atoms with Crippen LogP contribution in [0.3, 0.4) is 0 Å². The Morgan fingerprint density at radius 3 is 2.23 bits per heavy atom. The first kappa shape index (κ1) is 19.3. The van der Waals surface area contributed by atoms with Crippen LogP contribution in [0.4, 0.5) is 10.1 Å². The van der Waals surface area contributed by atoms with E-state index in [4.69, 9.17) is 4.74 Å². The van der Waals surface area contributed by atoms with Gasteiger partial charge in [-0.3, -0.25) is 14.4 Å². The summed E-state index contributed by atoms with van der Waals surface area (Å²) in [6.45, 7) is -0.249.